The van der Waals surface area contributed by atoms with Gasteiger partial charge in [-0.1, -0.05) is 13.3 Å². The van der Waals surface area contributed by atoms with Crippen molar-refractivity contribution in [3.05, 3.63) is 12.0 Å². The third-order valence-corrected chi connectivity index (χ3v) is 6.34. The van der Waals surface area contributed by atoms with Crippen LogP contribution in [0, 0.1) is 18.8 Å². The van der Waals surface area contributed by atoms with Crippen LogP contribution in [0.1, 0.15) is 31.9 Å². The van der Waals surface area contributed by atoms with Gasteiger partial charge in [0, 0.05) is 18.4 Å². The molecule has 1 aliphatic rings. The number of fused-ring (bicyclic) bond motifs is 1. The Labute approximate surface area is 155 Å². The molecule has 2 heterocycles. The van der Waals surface area contributed by atoms with E-state index < -0.39 is 25.4 Å². The second-order valence-electron chi connectivity index (χ2n) is 6.96. The molecule has 1 aliphatic carbocycles. The summed E-state index contributed by atoms with van der Waals surface area (Å²) in [6.45, 7) is 3.83. The molecule has 2 aromatic heterocycles. The first kappa shape index (κ1) is 20.1. The van der Waals surface area contributed by atoms with Gasteiger partial charge in [0.05, 0.1) is 24.8 Å². The van der Waals surface area contributed by atoms with Gasteiger partial charge < -0.3 is 19.7 Å². The Morgan fingerprint density at radius 3 is 2.85 bits per heavy atom. The van der Waals surface area contributed by atoms with E-state index in [1.807, 2.05) is 6.92 Å². The normalized spacial score (nSPS) is 23.4. The van der Waals surface area contributed by atoms with E-state index in [2.05, 4.69) is 15.0 Å². The molecule has 1 saturated carbocycles. The van der Waals surface area contributed by atoms with Gasteiger partial charge in [-0.15, -0.1) is 0 Å². The number of unbranched alkanes of at least 4 members (excludes halogenated alkanes) is 1. The van der Waals surface area contributed by atoms with Crippen LogP contribution in [0.2, 0.25) is 0 Å². The molecule has 150 valence electrons. The van der Waals surface area contributed by atoms with Crippen molar-refractivity contribution in [3.63, 3.8) is 0 Å². The fourth-order valence-corrected chi connectivity index (χ4v) is 4.42. The molecule has 0 bridgehead atoms. The van der Waals surface area contributed by atoms with Crippen LogP contribution in [0.3, 0.4) is 0 Å². The molecule has 3 unspecified atom stereocenters. The summed E-state index contributed by atoms with van der Waals surface area (Å²) >= 11 is 0. The van der Waals surface area contributed by atoms with Gasteiger partial charge in [-0.25, -0.2) is 18.7 Å². The van der Waals surface area contributed by atoms with E-state index in [4.69, 9.17) is 10.3 Å². The molecule has 3 atom stereocenters. The van der Waals surface area contributed by atoms with Gasteiger partial charge >= 0.3 is 7.60 Å². The summed E-state index contributed by atoms with van der Waals surface area (Å²) in [5.41, 5.74) is 7.16. The zero-order valence-corrected chi connectivity index (χ0v) is 16.2. The molecule has 1 fully saturated rings. The number of imidazole rings is 1. The van der Waals surface area contributed by atoms with Gasteiger partial charge in [-0.05, 0) is 19.8 Å². The number of anilines is 1. The van der Waals surface area contributed by atoms with Crippen LogP contribution in [0.25, 0.3) is 11.2 Å². The SMILES string of the molecule is CCCCOP(=O)(O)CCC1C(Cn2cnc3c(C)nc(N)nc32)C1(F)F. The van der Waals surface area contributed by atoms with Crippen LogP contribution in [0.15, 0.2) is 6.33 Å². The number of rotatable bonds is 9. The Kier molecular flexibility index (Phi) is 5.52. The van der Waals surface area contributed by atoms with E-state index in [9.17, 15) is 18.2 Å². The predicted molar refractivity (Wildman–Crippen MR) is 96.6 cm³/mol. The number of aryl methyl sites for hydroxylation is 1. The first-order valence-corrected chi connectivity index (χ1v) is 10.7. The van der Waals surface area contributed by atoms with Gasteiger partial charge in [-0.2, -0.15) is 4.98 Å². The lowest BCUT2D eigenvalue weighted by atomic mass is 10.2. The van der Waals surface area contributed by atoms with Gasteiger partial charge in [0.1, 0.15) is 5.52 Å². The summed E-state index contributed by atoms with van der Waals surface area (Å²) in [5.74, 6) is -4.74. The van der Waals surface area contributed by atoms with Crippen molar-refractivity contribution in [3.8, 4) is 0 Å². The standard InChI is InChI=1S/C16H24F2N5O3P/c1-3-4-6-26-27(24,25)7-5-11-12(16(11,17)18)8-23-9-20-13-10(2)21-15(19)22-14(13)23/h9,11-12H,3-8H2,1-2H3,(H,24,25)(H2,19,21,22). The summed E-state index contributed by atoms with van der Waals surface area (Å²) < 4.78 is 46.8. The minimum atomic E-state index is -3.83. The largest absolute Gasteiger partial charge is 0.368 e. The molecule has 0 radical (unpaired) electrons. The predicted octanol–water partition coefficient (Wildman–Crippen LogP) is 2.99. The third kappa shape index (κ3) is 4.28. The summed E-state index contributed by atoms with van der Waals surface area (Å²) in [6, 6.07) is 0. The number of alkyl halides is 2. The molecule has 0 aliphatic heterocycles. The third-order valence-electron chi connectivity index (χ3n) is 4.93. The van der Waals surface area contributed by atoms with Gasteiger partial charge in [0.25, 0.3) is 5.92 Å². The maximum atomic E-state index is 14.2. The van der Waals surface area contributed by atoms with E-state index >= 15 is 0 Å². The number of hydrogen-bond donors (Lipinski definition) is 2. The van der Waals surface area contributed by atoms with Crippen LogP contribution in [-0.2, 0) is 15.6 Å². The van der Waals surface area contributed by atoms with E-state index in [0.717, 1.165) is 6.42 Å². The Morgan fingerprint density at radius 2 is 2.15 bits per heavy atom. The second kappa shape index (κ2) is 7.41. The fourth-order valence-electron chi connectivity index (χ4n) is 3.27. The number of nitrogens with two attached hydrogens (primary N) is 1. The Hall–Kier alpha value is -1.64. The molecule has 0 spiro atoms. The van der Waals surface area contributed by atoms with E-state index in [1.54, 1.807) is 6.92 Å². The Balaban J connectivity index is 1.64. The van der Waals surface area contributed by atoms with Crippen molar-refractivity contribution in [2.75, 3.05) is 18.5 Å². The van der Waals surface area contributed by atoms with E-state index in [-0.39, 0.29) is 31.7 Å². The molecular weight excluding hydrogens is 379 g/mol. The fraction of sp³-hybridized carbons (Fsp3) is 0.688. The Morgan fingerprint density at radius 1 is 1.41 bits per heavy atom. The van der Waals surface area contributed by atoms with Crippen LogP contribution in [0.5, 0.6) is 0 Å². The highest BCUT2D eigenvalue weighted by Crippen LogP contribution is 2.60. The topological polar surface area (TPSA) is 116 Å². The van der Waals surface area contributed by atoms with Crippen molar-refractivity contribution in [2.24, 2.45) is 11.8 Å². The van der Waals surface area contributed by atoms with Crippen molar-refractivity contribution >= 4 is 24.7 Å². The number of nitrogen functional groups attached to an aromatic ring is 1. The van der Waals surface area contributed by atoms with Gasteiger partial charge in [-0.3, -0.25) is 4.57 Å². The summed E-state index contributed by atoms with van der Waals surface area (Å²) in [5, 5.41) is 0. The molecule has 2 aromatic rings. The minimum Gasteiger partial charge on any atom is -0.368 e. The van der Waals surface area contributed by atoms with Crippen LogP contribution in [0.4, 0.5) is 14.7 Å². The molecule has 3 rings (SSSR count). The molecule has 0 amide bonds. The van der Waals surface area contributed by atoms with Gasteiger partial charge in [0.15, 0.2) is 5.65 Å². The van der Waals surface area contributed by atoms with Crippen molar-refractivity contribution in [1.82, 2.24) is 19.5 Å². The zero-order valence-electron chi connectivity index (χ0n) is 15.3. The number of halogens is 2. The monoisotopic (exact) mass is 403 g/mol. The maximum absolute atomic E-state index is 14.2. The lowest BCUT2D eigenvalue weighted by Gasteiger charge is -2.11. The number of nitrogens with zero attached hydrogens (tertiary/aromatic N) is 4. The first-order chi connectivity index (χ1) is 12.7. The summed E-state index contributed by atoms with van der Waals surface area (Å²) in [4.78, 5) is 22.1. The van der Waals surface area contributed by atoms with E-state index in [1.165, 1.54) is 10.9 Å². The second-order valence-corrected chi connectivity index (χ2v) is 8.94. The lowest BCUT2D eigenvalue weighted by molar-refractivity contribution is 0.0808. The smallest absolute Gasteiger partial charge is 0.328 e. The molecule has 0 saturated heterocycles. The molecule has 11 heteroatoms. The quantitative estimate of drug-likeness (QED) is 0.488. The van der Waals surface area contributed by atoms with Crippen LogP contribution >= 0.6 is 7.60 Å². The zero-order chi connectivity index (χ0) is 19.8. The minimum absolute atomic E-state index is 0.0104. The first-order valence-electron chi connectivity index (χ1n) is 8.95. The number of hydrogen-bond acceptors (Lipinski definition) is 6. The average molecular weight is 403 g/mol. The summed E-state index contributed by atoms with van der Waals surface area (Å²) in [7, 11) is -3.83. The molecule has 3 N–H and O–H groups in total. The Bertz CT molecular complexity index is 875. The van der Waals surface area contributed by atoms with Crippen LogP contribution in [-0.4, -0.2) is 43.1 Å². The van der Waals surface area contributed by atoms with Crippen molar-refractivity contribution in [1.29, 1.82) is 0 Å². The van der Waals surface area contributed by atoms with Crippen LogP contribution < -0.4 is 5.73 Å². The molecule has 8 nitrogen and oxygen atoms in total. The van der Waals surface area contributed by atoms with Crippen molar-refractivity contribution in [2.45, 2.75) is 45.6 Å². The lowest BCUT2D eigenvalue weighted by Crippen LogP contribution is -2.06. The molecular formula is C16H24F2N5O3P. The maximum Gasteiger partial charge on any atom is 0.328 e. The average Bonchev–Trinajstić information content (AvgIpc) is 2.87. The highest BCUT2D eigenvalue weighted by Gasteiger charge is 2.67. The van der Waals surface area contributed by atoms with Gasteiger partial charge in [0.2, 0.25) is 5.95 Å². The van der Waals surface area contributed by atoms with Crippen molar-refractivity contribution < 1.29 is 22.8 Å². The summed E-state index contributed by atoms with van der Waals surface area (Å²) in [6.07, 6.45) is 2.59. The van der Waals surface area contributed by atoms with E-state index in [0.29, 0.717) is 23.3 Å². The molecule has 0 aromatic carbocycles. The highest BCUT2D eigenvalue weighted by molar-refractivity contribution is 7.52. The molecule has 27 heavy (non-hydrogen) atoms. The highest BCUT2D eigenvalue weighted by atomic mass is 31.2. The number of aromatic nitrogens is 4.